The Morgan fingerprint density at radius 3 is 2.46 bits per heavy atom. The molecule has 2 heterocycles. The highest BCUT2D eigenvalue weighted by molar-refractivity contribution is 6.00. The summed E-state index contributed by atoms with van der Waals surface area (Å²) in [5.74, 6) is -0.279. The number of ether oxygens (including phenoxy) is 1. The van der Waals surface area contributed by atoms with Gasteiger partial charge in [-0.15, -0.1) is 0 Å². The van der Waals surface area contributed by atoms with Gasteiger partial charge in [0.25, 0.3) is 0 Å². The molecule has 26 heavy (non-hydrogen) atoms. The minimum atomic E-state index is -0.272. The fraction of sp³-hybridized carbons (Fsp3) is 0.600. The molecular formula is C20H29N3O3. The number of morpholine rings is 1. The molecule has 6 heteroatoms. The predicted molar refractivity (Wildman–Crippen MR) is 101 cm³/mol. The van der Waals surface area contributed by atoms with E-state index in [9.17, 15) is 9.59 Å². The van der Waals surface area contributed by atoms with Crippen molar-refractivity contribution in [2.24, 2.45) is 5.92 Å². The van der Waals surface area contributed by atoms with Crippen molar-refractivity contribution in [3.63, 3.8) is 0 Å². The number of nitrogens with one attached hydrogen (secondary N) is 1. The third-order valence-corrected chi connectivity index (χ3v) is 5.06. The van der Waals surface area contributed by atoms with E-state index in [1.54, 1.807) is 4.90 Å². The van der Waals surface area contributed by atoms with Gasteiger partial charge in [-0.25, -0.2) is 0 Å². The van der Waals surface area contributed by atoms with Crippen LogP contribution in [0, 0.1) is 12.8 Å². The molecule has 0 saturated carbocycles. The van der Waals surface area contributed by atoms with E-state index in [1.807, 2.05) is 31.2 Å². The number of nitrogens with zero attached hydrogens (tertiary/aromatic N) is 2. The Hall–Kier alpha value is -1.92. The largest absolute Gasteiger partial charge is 0.373 e. The Bertz CT molecular complexity index is 636. The standard InChI is InChI=1S/C20H29N3O3/c1-14-4-6-18(7-5-14)23-13-17(10-19(23)24)20(25)21-8-9-22-11-15(2)26-16(3)12-22/h4-7,15-17H,8-13H2,1-3H3,(H,21,25). The summed E-state index contributed by atoms with van der Waals surface area (Å²) in [6.07, 6.45) is 0.737. The molecule has 2 aliphatic heterocycles. The van der Waals surface area contributed by atoms with Crippen molar-refractivity contribution >= 4 is 17.5 Å². The zero-order chi connectivity index (χ0) is 18.7. The highest BCUT2D eigenvalue weighted by atomic mass is 16.5. The quantitative estimate of drug-likeness (QED) is 0.867. The summed E-state index contributed by atoms with van der Waals surface area (Å²) in [5, 5.41) is 3.00. The van der Waals surface area contributed by atoms with Crippen LogP contribution in [0.4, 0.5) is 5.69 Å². The van der Waals surface area contributed by atoms with Crippen molar-refractivity contribution in [1.29, 1.82) is 0 Å². The Morgan fingerprint density at radius 1 is 1.15 bits per heavy atom. The Labute approximate surface area is 155 Å². The van der Waals surface area contributed by atoms with Gasteiger partial charge in [0.2, 0.25) is 11.8 Å². The lowest BCUT2D eigenvalue weighted by Crippen LogP contribution is -2.48. The summed E-state index contributed by atoms with van der Waals surface area (Å²) in [5.41, 5.74) is 2.02. The van der Waals surface area contributed by atoms with Crippen LogP contribution in [0.5, 0.6) is 0 Å². The molecule has 1 N–H and O–H groups in total. The molecule has 3 rings (SSSR count). The lowest BCUT2D eigenvalue weighted by atomic mass is 10.1. The number of carbonyl (C=O) groups excluding carboxylic acids is 2. The fourth-order valence-electron chi connectivity index (χ4n) is 3.81. The summed E-state index contributed by atoms with van der Waals surface area (Å²) in [6.45, 7) is 9.82. The third kappa shape index (κ3) is 4.62. The van der Waals surface area contributed by atoms with E-state index in [0.717, 1.165) is 30.9 Å². The molecule has 0 bridgehead atoms. The molecule has 1 aromatic carbocycles. The van der Waals surface area contributed by atoms with Gasteiger partial charge in [0, 0.05) is 44.8 Å². The summed E-state index contributed by atoms with van der Waals surface area (Å²) >= 11 is 0. The van der Waals surface area contributed by atoms with Gasteiger partial charge in [0.15, 0.2) is 0 Å². The maximum Gasteiger partial charge on any atom is 0.227 e. The van der Waals surface area contributed by atoms with Gasteiger partial charge in [-0.3, -0.25) is 14.5 Å². The molecule has 6 nitrogen and oxygen atoms in total. The predicted octanol–water partition coefficient (Wildman–Crippen LogP) is 1.57. The van der Waals surface area contributed by atoms with Crippen molar-refractivity contribution in [2.75, 3.05) is 37.6 Å². The highest BCUT2D eigenvalue weighted by Gasteiger charge is 2.35. The minimum absolute atomic E-state index is 0.0184. The van der Waals surface area contributed by atoms with E-state index >= 15 is 0 Å². The molecule has 142 valence electrons. The summed E-state index contributed by atoms with van der Waals surface area (Å²) in [6, 6.07) is 7.85. The summed E-state index contributed by atoms with van der Waals surface area (Å²) in [7, 11) is 0. The number of amides is 2. The Morgan fingerprint density at radius 2 is 1.81 bits per heavy atom. The molecule has 0 spiro atoms. The number of aryl methyl sites for hydroxylation is 1. The van der Waals surface area contributed by atoms with Gasteiger partial charge in [0.1, 0.15) is 0 Å². The van der Waals surface area contributed by atoms with Crippen LogP contribution in [0.1, 0.15) is 25.8 Å². The zero-order valence-corrected chi connectivity index (χ0v) is 15.9. The average Bonchev–Trinajstić information content (AvgIpc) is 2.96. The Kier molecular flexibility index (Phi) is 5.94. The van der Waals surface area contributed by atoms with Crippen LogP contribution in [-0.2, 0) is 14.3 Å². The first kappa shape index (κ1) is 18.9. The van der Waals surface area contributed by atoms with Crippen molar-refractivity contribution in [3.8, 4) is 0 Å². The zero-order valence-electron chi connectivity index (χ0n) is 15.9. The van der Waals surface area contributed by atoms with Crippen molar-refractivity contribution in [1.82, 2.24) is 10.2 Å². The molecular weight excluding hydrogens is 330 g/mol. The second kappa shape index (κ2) is 8.18. The van der Waals surface area contributed by atoms with E-state index in [1.165, 1.54) is 0 Å². The van der Waals surface area contributed by atoms with Crippen molar-refractivity contribution in [3.05, 3.63) is 29.8 Å². The molecule has 2 saturated heterocycles. The van der Waals surface area contributed by atoms with Gasteiger partial charge in [-0.2, -0.15) is 0 Å². The topological polar surface area (TPSA) is 61.9 Å². The number of anilines is 1. The Balaban J connectivity index is 1.46. The molecule has 0 aromatic heterocycles. The fourth-order valence-corrected chi connectivity index (χ4v) is 3.81. The molecule has 2 amide bonds. The van der Waals surface area contributed by atoms with Gasteiger partial charge >= 0.3 is 0 Å². The van der Waals surface area contributed by atoms with Crippen LogP contribution in [0.3, 0.4) is 0 Å². The van der Waals surface area contributed by atoms with Crippen LogP contribution >= 0.6 is 0 Å². The van der Waals surface area contributed by atoms with Gasteiger partial charge < -0.3 is 15.0 Å². The van der Waals surface area contributed by atoms with E-state index in [-0.39, 0.29) is 36.4 Å². The summed E-state index contributed by atoms with van der Waals surface area (Å²) < 4.78 is 5.73. The normalized spacial score (nSPS) is 27.0. The smallest absolute Gasteiger partial charge is 0.227 e. The van der Waals surface area contributed by atoms with Crippen LogP contribution < -0.4 is 10.2 Å². The molecule has 2 fully saturated rings. The monoisotopic (exact) mass is 359 g/mol. The lowest BCUT2D eigenvalue weighted by Gasteiger charge is -2.35. The first-order valence-corrected chi connectivity index (χ1v) is 9.45. The number of hydrogen-bond donors (Lipinski definition) is 1. The van der Waals surface area contributed by atoms with Crippen LogP contribution in [-0.4, -0.2) is 61.6 Å². The lowest BCUT2D eigenvalue weighted by molar-refractivity contribution is -0.126. The molecule has 3 atom stereocenters. The molecule has 0 radical (unpaired) electrons. The second-order valence-electron chi connectivity index (χ2n) is 7.55. The average molecular weight is 359 g/mol. The maximum absolute atomic E-state index is 12.5. The minimum Gasteiger partial charge on any atom is -0.373 e. The summed E-state index contributed by atoms with van der Waals surface area (Å²) in [4.78, 5) is 28.8. The molecule has 0 aliphatic carbocycles. The number of carbonyl (C=O) groups is 2. The van der Waals surface area contributed by atoms with Crippen molar-refractivity contribution in [2.45, 2.75) is 39.4 Å². The SMILES string of the molecule is Cc1ccc(N2CC(C(=O)NCCN3CC(C)OC(C)C3)CC2=O)cc1. The number of hydrogen-bond acceptors (Lipinski definition) is 4. The van der Waals surface area contributed by atoms with E-state index in [2.05, 4.69) is 24.1 Å². The van der Waals surface area contributed by atoms with Gasteiger partial charge in [0.05, 0.1) is 18.1 Å². The van der Waals surface area contributed by atoms with Gasteiger partial charge in [-0.05, 0) is 32.9 Å². The molecule has 1 aromatic rings. The second-order valence-corrected chi connectivity index (χ2v) is 7.55. The maximum atomic E-state index is 12.5. The number of benzene rings is 1. The van der Waals surface area contributed by atoms with Crippen molar-refractivity contribution < 1.29 is 14.3 Å². The molecule has 2 aliphatic rings. The van der Waals surface area contributed by atoms with E-state index in [4.69, 9.17) is 4.74 Å². The number of rotatable bonds is 5. The molecule has 3 unspecified atom stereocenters. The first-order valence-electron chi connectivity index (χ1n) is 9.45. The highest BCUT2D eigenvalue weighted by Crippen LogP contribution is 2.25. The van der Waals surface area contributed by atoms with Crippen LogP contribution in [0.2, 0.25) is 0 Å². The first-order chi connectivity index (χ1) is 12.4. The van der Waals surface area contributed by atoms with E-state index < -0.39 is 0 Å². The van der Waals surface area contributed by atoms with Crippen LogP contribution in [0.15, 0.2) is 24.3 Å². The van der Waals surface area contributed by atoms with E-state index in [0.29, 0.717) is 13.1 Å². The van der Waals surface area contributed by atoms with Crippen LogP contribution in [0.25, 0.3) is 0 Å². The third-order valence-electron chi connectivity index (χ3n) is 5.06. The van der Waals surface area contributed by atoms with Gasteiger partial charge in [-0.1, -0.05) is 17.7 Å².